The van der Waals surface area contributed by atoms with Crippen molar-refractivity contribution in [1.82, 2.24) is 10.2 Å². The Hall–Kier alpha value is -1.06. The molecule has 1 N–H and O–H groups in total. The van der Waals surface area contributed by atoms with Gasteiger partial charge in [0.05, 0.1) is 0 Å². The molecule has 2 atom stereocenters. The highest BCUT2D eigenvalue weighted by Gasteiger charge is 2.38. The first-order chi connectivity index (χ1) is 9.09. The molecule has 2 aliphatic rings. The molecule has 4 heteroatoms. The van der Waals surface area contributed by atoms with Gasteiger partial charge in [-0.2, -0.15) is 0 Å². The van der Waals surface area contributed by atoms with Gasteiger partial charge in [-0.15, -0.1) is 0 Å². The quantitative estimate of drug-likeness (QED) is 0.848. The van der Waals surface area contributed by atoms with Crippen LogP contribution in [0.5, 0.6) is 0 Å². The van der Waals surface area contributed by atoms with E-state index >= 15 is 0 Å². The number of hydrogen-bond donors (Lipinski definition) is 1. The maximum atomic E-state index is 12.5. The van der Waals surface area contributed by atoms with Crippen LogP contribution in [0.4, 0.5) is 0 Å². The molecular formula is C15H26N2O2. The predicted octanol–water partition coefficient (Wildman–Crippen LogP) is 1.94. The Bertz CT molecular complexity index is 335. The predicted molar refractivity (Wildman–Crippen MR) is 74.5 cm³/mol. The average molecular weight is 266 g/mol. The summed E-state index contributed by atoms with van der Waals surface area (Å²) in [5.74, 6) is 0.114. The van der Waals surface area contributed by atoms with Crippen molar-refractivity contribution < 1.29 is 9.59 Å². The zero-order valence-corrected chi connectivity index (χ0v) is 12.2. The lowest BCUT2D eigenvalue weighted by Gasteiger charge is -2.32. The Morgan fingerprint density at radius 2 is 1.58 bits per heavy atom. The Morgan fingerprint density at radius 3 is 2.16 bits per heavy atom. The van der Waals surface area contributed by atoms with Crippen molar-refractivity contribution in [2.45, 2.75) is 58.4 Å². The minimum atomic E-state index is -0.107. The molecule has 19 heavy (non-hydrogen) atoms. The largest absolute Gasteiger partial charge is 0.354 e. The summed E-state index contributed by atoms with van der Waals surface area (Å²) in [5.41, 5.74) is 0. The molecule has 108 valence electrons. The monoisotopic (exact) mass is 266 g/mol. The van der Waals surface area contributed by atoms with Gasteiger partial charge < -0.3 is 10.2 Å². The third kappa shape index (κ3) is 3.48. The minimum absolute atomic E-state index is 0.0762. The average Bonchev–Trinajstić information content (AvgIpc) is 2.91. The van der Waals surface area contributed by atoms with Crippen molar-refractivity contribution in [1.29, 1.82) is 0 Å². The Labute approximate surface area is 115 Å². The fourth-order valence-electron chi connectivity index (χ4n) is 3.30. The van der Waals surface area contributed by atoms with E-state index in [-0.39, 0.29) is 29.7 Å². The lowest BCUT2D eigenvalue weighted by Crippen LogP contribution is -2.46. The standard InChI is InChI=1S/C15H26N2O2/c1-11(2)16-14(18)12-7-3-4-8-13(12)15(19)17-9-5-6-10-17/h11-13H,3-10H2,1-2H3,(H,16,18)/t12-,13-/m1/s1. The fraction of sp³-hybridized carbons (Fsp3) is 0.867. The molecule has 0 radical (unpaired) electrons. The molecule has 0 spiro atoms. The van der Waals surface area contributed by atoms with E-state index in [2.05, 4.69) is 5.32 Å². The highest BCUT2D eigenvalue weighted by molar-refractivity contribution is 5.88. The van der Waals surface area contributed by atoms with E-state index in [1.165, 1.54) is 0 Å². The van der Waals surface area contributed by atoms with Crippen molar-refractivity contribution >= 4 is 11.8 Å². The molecule has 1 aliphatic heterocycles. The second-order valence-corrected chi connectivity index (χ2v) is 6.19. The number of nitrogens with one attached hydrogen (secondary N) is 1. The molecule has 1 heterocycles. The van der Waals surface area contributed by atoms with E-state index in [1.807, 2.05) is 18.7 Å². The van der Waals surface area contributed by atoms with Crippen LogP contribution in [0.1, 0.15) is 52.4 Å². The smallest absolute Gasteiger partial charge is 0.226 e. The van der Waals surface area contributed by atoms with Crippen LogP contribution in [0.3, 0.4) is 0 Å². The van der Waals surface area contributed by atoms with Crippen LogP contribution in [-0.2, 0) is 9.59 Å². The van der Waals surface area contributed by atoms with Crippen LogP contribution in [0.15, 0.2) is 0 Å². The van der Waals surface area contributed by atoms with E-state index in [9.17, 15) is 9.59 Å². The highest BCUT2D eigenvalue weighted by Crippen LogP contribution is 2.32. The van der Waals surface area contributed by atoms with Crippen LogP contribution in [0.25, 0.3) is 0 Å². The molecule has 1 saturated carbocycles. The summed E-state index contributed by atoms with van der Waals surface area (Å²) in [6.45, 7) is 5.71. The van der Waals surface area contributed by atoms with Crippen LogP contribution in [0.2, 0.25) is 0 Å². The van der Waals surface area contributed by atoms with Crippen molar-refractivity contribution in [2.24, 2.45) is 11.8 Å². The number of carbonyl (C=O) groups is 2. The molecule has 4 nitrogen and oxygen atoms in total. The third-order valence-electron chi connectivity index (χ3n) is 4.27. The summed E-state index contributed by atoms with van der Waals surface area (Å²) in [6, 6.07) is 0.150. The molecule has 0 aromatic heterocycles. The Balaban J connectivity index is 2.02. The van der Waals surface area contributed by atoms with Crippen molar-refractivity contribution in [3.05, 3.63) is 0 Å². The SMILES string of the molecule is CC(C)NC(=O)[C@@H]1CCCC[C@H]1C(=O)N1CCCC1. The normalized spacial score (nSPS) is 27.6. The number of hydrogen-bond acceptors (Lipinski definition) is 2. The molecule has 2 rings (SSSR count). The van der Waals surface area contributed by atoms with Crippen LogP contribution >= 0.6 is 0 Å². The first kappa shape index (κ1) is 14.4. The molecule has 0 aromatic carbocycles. The number of carbonyl (C=O) groups excluding carboxylic acids is 2. The maximum absolute atomic E-state index is 12.5. The van der Waals surface area contributed by atoms with Crippen molar-refractivity contribution in [3.63, 3.8) is 0 Å². The summed E-state index contributed by atoms with van der Waals surface area (Å²) in [4.78, 5) is 26.8. The zero-order valence-electron chi connectivity index (χ0n) is 12.2. The van der Waals surface area contributed by atoms with Gasteiger partial charge in [-0.05, 0) is 39.5 Å². The lowest BCUT2D eigenvalue weighted by atomic mass is 9.77. The highest BCUT2D eigenvalue weighted by atomic mass is 16.2. The van der Waals surface area contributed by atoms with Gasteiger partial charge in [0, 0.05) is 31.0 Å². The topological polar surface area (TPSA) is 49.4 Å². The maximum Gasteiger partial charge on any atom is 0.226 e. The minimum Gasteiger partial charge on any atom is -0.354 e. The summed E-state index contributed by atoms with van der Waals surface area (Å²) in [5, 5.41) is 2.98. The van der Waals surface area contributed by atoms with Gasteiger partial charge in [-0.3, -0.25) is 9.59 Å². The van der Waals surface area contributed by atoms with E-state index in [0.717, 1.165) is 51.6 Å². The van der Waals surface area contributed by atoms with Gasteiger partial charge in [0.25, 0.3) is 0 Å². The number of amides is 2. The van der Waals surface area contributed by atoms with Crippen LogP contribution in [0, 0.1) is 11.8 Å². The van der Waals surface area contributed by atoms with Crippen molar-refractivity contribution in [2.75, 3.05) is 13.1 Å². The van der Waals surface area contributed by atoms with Gasteiger partial charge in [0.2, 0.25) is 11.8 Å². The van der Waals surface area contributed by atoms with Crippen LogP contribution < -0.4 is 5.32 Å². The molecular weight excluding hydrogens is 240 g/mol. The Morgan fingerprint density at radius 1 is 1.00 bits per heavy atom. The number of rotatable bonds is 3. The molecule has 2 fully saturated rings. The van der Waals surface area contributed by atoms with E-state index in [1.54, 1.807) is 0 Å². The second-order valence-electron chi connectivity index (χ2n) is 6.19. The van der Waals surface area contributed by atoms with E-state index in [4.69, 9.17) is 0 Å². The third-order valence-corrected chi connectivity index (χ3v) is 4.27. The zero-order chi connectivity index (χ0) is 13.8. The molecule has 0 unspecified atom stereocenters. The molecule has 1 aliphatic carbocycles. The van der Waals surface area contributed by atoms with Gasteiger partial charge in [-0.1, -0.05) is 12.8 Å². The first-order valence-electron chi connectivity index (χ1n) is 7.68. The molecule has 2 amide bonds. The van der Waals surface area contributed by atoms with E-state index < -0.39 is 0 Å². The number of nitrogens with zero attached hydrogens (tertiary/aromatic N) is 1. The van der Waals surface area contributed by atoms with Crippen LogP contribution in [-0.4, -0.2) is 35.8 Å². The number of likely N-dealkylation sites (tertiary alicyclic amines) is 1. The van der Waals surface area contributed by atoms with Crippen molar-refractivity contribution in [3.8, 4) is 0 Å². The first-order valence-corrected chi connectivity index (χ1v) is 7.68. The van der Waals surface area contributed by atoms with Gasteiger partial charge in [0.15, 0.2) is 0 Å². The Kier molecular flexibility index (Phi) is 4.83. The molecule has 1 saturated heterocycles. The van der Waals surface area contributed by atoms with Gasteiger partial charge in [0.1, 0.15) is 0 Å². The molecule has 0 aromatic rings. The second kappa shape index (κ2) is 6.40. The summed E-state index contributed by atoms with van der Waals surface area (Å²) >= 11 is 0. The summed E-state index contributed by atoms with van der Waals surface area (Å²) in [6.07, 6.45) is 6.12. The lowest BCUT2D eigenvalue weighted by molar-refractivity contribution is -0.143. The van der Waals surface area contributed by atoms with Gasteiger partial charge in [-0.25, -0.2) is 0 Å². The fourth-order valence-corrected chi connectivity index (χ4v) is 3.30. The summed E-state index contributed by atoms with van der Waals surface area (Å²) in [7, 11) is 0. The van der Waals surface area contributed by atoms with Gasteiger partial charge >= 0.3 is 0 Å². The summed E-state index contributed by atoms with van der Waals surface area (Å²) < 4.78 is 0. The van der Waals surface area contributed by atoms with E-state index in [0.29, 0.717) is 0 Å². The molecule has 0 bridgehead atoms.